The Morgan fingerprint density at radius 1 is 0.882 bits per heavy atom. The number of halogens is 2. The number of non-ortho nitro benzene ring substituents is 1. The maximum absolute atomic E-state index is 11.7. The van der Waals surface area contributed by atoms with E-state index in [0.717, 1.165) is 6.07 Å². The van der Waals surface area contributed by atoms with Gasteiger partial charge in [0.1, 0.15) is 11.4 Å². The zero-order valence-corrected chi connectivity index (χ0v) is 18.6. The standard InChI is InChI=1S/C23H14Cl2N4O5/c24-14-9-13(23(30)19(25)10-14)12-26-15-5-7-16(8-6-15)27-22-18-4-2-1-3-17(18)20(28(31)32)11-21(22)29(33)34/h1-12,27,30H. The molecule has 0 saturated carbocycles. The van der Waals surface area contributed by atoms with Gasteiger partial charge in [0.25, 0.3) is 11.4 Å². The molecule has 0 fully saturated rings. The molecule has 2 N–H and O–H groups in total. The summed E-state index contributed by atoms with van der Waals surface area (Å²) in [5.41, 5.74) is 0.759. The Hall–Kier alpha value is -4.21. The van der Waals surface area contributed by atoms with Gasteiger partial charge >= 0.3 is 0 Å². The number of aromatic hydroxyl groups is 1. The number of nitrogens with one attached hydrogen (secondary N) is 1. The predicted octanol–water partition coefficient (Wildman–Crippen LogP) is 7.16. The molecule has 0 aliphatic heterocycles. The van der Waals surface area contributed by atoms with Crippen LogP contribution in [0.4, 0.5) is 28.4 Å². The van der Waals surface area contributed by atoms with Gasteiger partial charge in [-0.2, -0.15) is 0 Å². The third kappa shape index (κ3) is 4.61. The van der Waals surface area contributed by atoms with Crippen LogP contribution in [-0.2, 0) is 0 Å². The van der Waals surface area contributed by atoms with Crippen molar-refractivity contribution < 1.29 is 15.0 Å². The molecule has 0 saturated heterocycles. The molecule has 0 bridgehead atoms. The number of fused-ring (bicyclic) bond motifs is 1. The van der Waals surface area contributed by atoms with Gasteiger partial charge in [0, 0.05) is 27.9 Å². The highest BCUT2D eigenvalue weighted by Gasteiger charge is 2.25. The van der Waals surface area contributed by atoms with Gasteiger partial charge in [0.05, 0.1) is 32.0 Å². The Bertz CT molecular complexity index is 1470. The lowest BCUT2D eigenvalue weighted by Gasteiger charge is -2.11. The lowest BCUT2D eigenvalue weighted by Crippen LogP contribution is -2.00. The number of phenols is 1. The van der Waals surface area contributed by atoms with E-state index in [2.05, 4.69) is 10.3 Å². The number of aliphatic imine (C=N–C) groups is 1. The zero-order chi connectivity index (χ0) is 24.4. The molecular weight excluding hydrogens is 483 g/mol. The number of hydrogen-bond donors (Lipinski definition) is 2. The van der Waals surface area contributed by atoms with Crippen LogP contribution in [0.5, 0.6) is 5.75 Å². The van der Waals surface area contributed by atoms with Crippen LogP contribution in [0.15, 0.2) is 71.7 Å². The van der Waals surface area contributed by atoms with Gasteiger partial charge in [-0.15, -0.1) is 0 Å². The van der Waals surface area contributed by atoms with E-state index in [1.165, 1.54) is 24.4 Å². The van der Waals surface area contributed by atoms with Crippen LogP contribution in [-0.4, -0.2) is 21.2 Å². The van der Waals surface area contributed by atoms with Crippen LogP contribution >= 0.6 is 23.2 Å². The van der Waals surface area contributed by atoms with Gasteiger partial charge in [-0.3, -0.25) is 25.2 Å². The summed E-state index contributed by atoms with van der Waals surface area (Å²) in [5.74, 6) is -0.148. The topological polar surface area (TPSA) is 131 Å². The van der Waals surface area contributed by atoms with Crippen molar-refractivity contribution >= 4 is 68.6 Å². The average molecular weight is 497 g/mol. The third-order valence-corrected chi connectivity index (χ3v) is 5.45. The highest BCUT2D eigenvalue weighted by atomic mass is 35.5. The van der Waals surface area contributed by atoms with Gasteiger partial charge in [-0.1, -0.05) is 41.4 Å². The SMILES string of the molecule is O=[N+]([O-])c1cc([N+](=O)[O-])c2ccccc2c1Nc1ccc(N=Cc2cc(Cl)cc(Cl)c2O)cc1. The number of rotatable bonds is 6. The van der Waals surface area contributed by atoms with Crippen molar-refractivity contribution in [3.63, 3.8) is 0 Å². The van der Waals surface area contributed by atoms with Crippen LogP contribution in [0.1, 0.15) is 5.56 Å². The fourth-order valence-corrected chi connectivity index (χ4v) is 3.88. The smallest absolute Gasteiger partial charge is 0.300 e. The Morgan fingerprint density at radius 3 is 2.18 bits per heavy atom. The summed E-state index contributed by atoms with van der Waals surface area (Å²) in [4.78, 5) is 26.1. The monoisotopic (exact) mass is 496 g/mol. The molecule has 0 heterocycles. The fourth-order valence-electron chi connectivity index (χ4n) is 3.37. The Labute approximate surface area is 202 Å². The van der Waals surface area contributed by atoms with Crippen LogP contribution in [0, 0.1) is 20.2 Å². The summed E-state index contributed by atoms with van der Waals surface area (Å²) in [6, 6.07) is 16.9. The normalized spacial score (nSPS) is 11.1. The highest BCUT2D eigenvalue weighted by molar-refractivity contribution is 6.36. The third-order valence-electron chi connectivity index (χ3n) is 4.94. The van der Waals surface area contributed by atoms with Crippen LogP contribution < -0.4 is 5.32 Å². The molecule has 0 radical (unpaired) electrons. The molecule has 0 aromatic heterocycles. The summed E-state index contributed by atoms with van der Waals surface area (Å²) in [5, 5.41) is 37.2. The predicted molar refractivity (Wildman–Crippen MR) is 132 cm³/mol. The van der Waals surface area contributed by atoms with Crippen molar-refractivity contribution in [3.05, 3.63) is 103 Å². The molecule has 4 aromatic rings. The van der Waals surface area contributed by atoms with E-state index in [1.807, 2.05) is 0 Å². The number of hydrogen-bond acceptors (Lipinski definition) is 7. The average Bonchev–Trinajstić information content (AvgIpc) is 2.81. The van der Waals surface area contributed by atoms with Crippen LogP contribution in [0.3, 0.4) is 0 Å². The molecule has 0 aliphatic rings. The second kappa shape index (κ2) is 9.34. The van der Waals surface area contributed by atoms with Crippen molar-refractivity contribution in [3.8, 4) is 5.75 Å². The van der Waals surface area contributed by atoms with Gasteiger partial charge in [0.15, 0.2) is 0 Å². The lowest BCUT2D eigenvalue weighted by atomic mass is 10.0. The molecule has 0 unspecified atom stereocenters. The quantitative estimate of drug-likeness (QED) is 0.165. The van der Waals surface area contributed by atoms with E-state index >= 15 is 0 Å². The second-order valence-electron chi connectivity index (χ2n) is 7.11. The first-order valence-electron chi connectivity index (χ1n) is 9.68. The molecule has 0 aliphatic carbocycles. The molecule has 11 heteroatoms. The lowest BCUT2D eigenvalue weighted by molar-refractivity contribution is -0.392. The minimum absolute atomic E-state index is 0.102. The van der Waals surface area contributed by atoms with Crippen LogP contribution in [0.25, 0.3) is 10.8 Å². The highest BCUT2D eigenvalue weighted by Crippen LogP contribution is 2.40. The minimum Gasteiger partial charge on any atom is -0.506 e. The van der Waals surface area contributed by atoms with Crippen molar-refractivity contribution in [1.82, 2.24) is 0 Å². The van der Waals surface area contributed by atoms with E-state index in [-0.39, 0.29) is 27.5 Å². The zero-order valence-electron chi connectivity index (χ0n) is 17.1. The Morgan fingerprint density at radius 2 is 1.53 bits per heavy atom. The fraction of sp³-hybridized carbons (Fsp3) is 0. The molecule has 9 nitrogen and oxygen atoms in total. The molecule has 170 valence electrons. The van der Waals surface area contributed by atoms with Crippen molar-refractivity contribution in [2.75, 3.05) is 5.32 Å². The van der Waals surface area contributed by atoms with E-state index in [0.29, 0.717) is 27.3 Å². The number of phenolic OH excluding ortho intramolecular Hbond substituents is 1. The maximum atomic E-state index is 11.7. The van der Waals surface area contributed by atoms with Gasteiger partial charge < -0.3 is 10.4 Å². The molecule has 0 spiro atoms. The maximum Gasteiger partial charge on any atom is 0.300 e. The first-order chi connectivity index (χ1) is 16.2. The minimum atomic E-state index is -0.664. The van der Waals surface area contributed by atoms with Gasteiger partial charge in [0.2, 0.25) is 0 Å². The van der Waals surface area contributed by atoms with Gasteiger partial charge in [-0.25, -0.2) is 0 Å². The number of nitrogens with zero attached hydrogens (tertiary/aromatic N) is 3. The van der Waals surface area contributed by atoms with E-state index in [9.17, 15) is 25.3 Å². The Kier molecular flexibility index (Phi) is 6.31. The number of nitro groups is 2. The second-order valence-corrected chi connectivity index (χ2v) is 7.95. The van der Waals surface area contributed by atoms with Crippen LogP contribution in [0.2, 0.25) is 10.0 Å². The summed E-state index contributed by atoms with van der Waals surface area (Å²) in [6.45, 7) is 0. The van der Waals surface area contributed by atoms with Crippen molar-refractivity contribution in [2.24, 2.45) is 4.99 Å². The number of benzene rings is 4. The van der Waals surface area contributed by atoms with Crippen molar-refractivity contribution in [1.29, 1.82) is 0 Å². The van der Waals surface area contributed by atoms with Crippen molar-refractivity contribution in [2.45, 2.75) is 0 Å². The molecule has 4 aromatic carbocycles. The molecule has 34 heavy (non-hydrogen) atoms. The molecule has 0 atom stereocenters. The Balaban J connectivity index is 1.67. The molecule has 0 amide bonds. The number of nitro benzene ring substituents is 2. The largest absolute Gasteiger partial charge is 0.506 e. The molecular formula is C23H14Cl2N4O5. The summed E-state index contributed by atoms with van der Waals surface area (Å²) < 4.78 is 0. The van der Waals surface area contributed by atoms with Gasteiger partial charge in [-0.05, 0) is 42.5 Å². The summed E-state index contributed by atoms with van der Waals surface area (Å²) in [7, 11) is 0. The van der Waals surface area contributed by atoms with E-state index < -0.39 is 15.5 Å². The van der Waals surface area contributed by atoms with E-state index in [4.69, 9.17) is 23.2 Å². The van der Waals surface area contributed by atoms with E-state index in [1.54, 1.807) is 42.5 Å². The first kappa shape index (κ1) is 23.0. The summed E-state index contributed by atoms with van der Waals surface area (Å²) in [6.07, 6.45) is 1.41. The summed E-state index contributed by atoms with van der Waals surface area (Å²) >= 11 is 11.9. The number of anilines is 2. The molecule has 4 rings (SSSR count). The first-order valence-corrected chi connectivity index (χ1v) is 10.4.